The summed E-state index contributed by atoms with van der Waals surface area (Å²) in [6.45, 7) is -1.62. The van der Waals surface area contributed by atoms with Crippen LogP contribution in [0.2, 0.25) is 0 Å². The molecule has 10 amide bonds. The Morgan fingerprint density at radius 1 is 0.447 bits per heavy atom. The molecule has 4 aromatic heterocycles. The van der Waals surface area contributed by atoms with Crippen molar-refractivity contribution in [2.75, 3.05) is 160 Å². The molecule has 60 heteroatoms. The molecule has 0 aliphatic carbocycles. The number of fused-ring (bicyclic) bond motifs is 2. The molecule has 820 valence electrons. The first kappa shape index (κ1) is 119. The fraction of sp³-hybridized carbons (Fsp3) is 0.444. The molecule has 5 heterocycles. The summed E-state index contributed by atoms with van der Waals surface area (Å²) in [5.74, 6) is -16.6. The largest absolute Gasteiger partial charge is 0.494 e. The zero-order valence-electron chi connectivity index (χ0n) is 82.3. The Kier molecular flexibility index (Phi) is 43.9. The highest BCUT2D eigenvalue weighted by Gasteiger charge is 2.37. The number of aromatic amines is 2. The number of nitrogens with zero attached hydrogens (tertiary/aromatic N) is 9. The molecule has 1 fully saturated rings. The molecule has 56 nitrogen and oxygen atoms in total. The van der Waals surface area contributed by atoms with Crippen LogP contribution in [0.15, 0.2) is 117 Å². The predicted molar refractivity (Wildman–Crippen MR) is 542 cm³/mol. The van der Waals surface area contributed by atoms with Crippen LogP contribution in [0.4, 0.5) is 16.7 Å². The maximum absolute atomic E-state index is 14.8. The SMILES string of the molecule is Cc1cc(OCCCC(=O)NCCNC(=O)C(CS(O)(O)O)NC(=O)N(CCC(=O)NC(CS(O)(O)O)C(=O)NCCNC(=O)CCCOc2cc(C)c(S(=O)(=O)N[C@@H](CNC(=O)c3cn(C)c4cc(CNc5ncc[nH]5)ccc4c3=O)C(=O)O)c(C)c2)C(=O)CN2CCN(CC(=O)O)CCN(CC(=O)O)CCN(CC(=O)O)CC2)cc(C)c1S(=O)(=O)NC(CNC(=O)c1cn(C)c2cc(CNc3ncc[nH]3)ccc2c1=O)C(=O)O. The van der Waals surface area contributed by atoms with E-state index in [0.29, 0.717) is 40.9 Å². The molecule has 150 heavy (non-hydrogen) atoms. The predicted octanol–water partition coefficient (Wildman–Crippen LogP) is -1.20. The first-order valence-electron chi connectivity index (χ1n) is 46.5. The lowest BCUT2D eigenvalue weighted by molar-refractivity contribution is -0.140. The summed E-state index contributed by atoms with van der Waals surface area (Å²) in [6.07, 6.45) is 7.59. The molecule has 9 rings (SSSR count). The van der Waals surface area contributed by atoms with E-state index in [1.54, 1.807) is 63.1 Å². The molecule has 0 radical (unpaired) electrons. The lowest BCUT2D eigenvalue weighted by Gasteiger charge is -2.33. The highest BCUT2D eigenvalue weighted by molar-refractivity contribution is 8.19. The average molecular weight is 2180 g/mol. The second kappa shape index (κ2) is 55.2. The maximum atomic E-state index is 14.8. The number of benzene rings is 4. The number of rotatable bonds is 55. The number of hydrogen-bond acceptors (Lipinski definition) is 36. The summed E-state index contributed by atoms with van der Waals surface area (Å²) in [4.78, 5) is 232. The van der Waals surface area contributed by atoms with Gasteiger partial charge in [0.2, 0.25) is 66.3 Å². The van der Waals surface area contributed by atoms with Crippen LogP contribution in [0.1, 0.15) is 86.2 Å². The molecule has 0 saturated carbocycles. The van der Waals surface area contributed by atoms with Crippen molar-refractivity contribution in [3.8, 4) is 11.5 Å². The molecule has 1 saturated heterocycles. The van der Waals surface area contributed by atoms with Gasteiger partial charge < -0.3 is 135 Å². The Bertz CT molecular complexity index is 6510. The van der Waals surface area contributed by atoms with Crippen molar-refractivity contribution in [1.29, 1.82) is 0 Å². The summed E-state index contributed by atoms with van der Waals surface area (Å²) in [6, 6.07) is 5.61. The molecule has 0 bridgehead atoms. The van der Waals surface area contributed by atoms with Crippen LogP contribution in [-0.2, 0) is 100.0 Å². The first-order chi connectivity index (χ1) is 70.7. The Balaban J connectivity index is 0.770. The minimum Gasteiger partial charge on any atom is -0.494 e. The number of aliphatic carboxylic acids is 5. The van der Waals surface area contributed by atoms with E-state index in [1.165, 1.54) is 105 Å². The van der Waals surface area contributed by atoms with E-state index < -0.39 is 237 Å². The molecule has 25 N–H and O–H groups in total. The maximum Gasteiger partial charge on any atom is 0.324 e. The number of sulfonamides is 2. The standard InChI is InChI=1S/C90H123N23O33S4/c1-53-35-59(36-54(2)80(53)149(141,142)105-65(86(130)131)43-99-82(126)63-45-107(5)69-39-57(11-13-61(69)78(63)124)41-101-88-95-20-21-96-88)145-33-7-9-71(114)91-16-18-93-84(128)67(51-147(135,136)137)103-73(116)15-24-113(74(117)47-109-25-27-110(48-75(118)119)29-31-112(50-77(122)123)32-30-111(28-26-109)49-76(120)121)90(134)104-68(52-148(138,139)140)85(129)94-19-17-92-72(115)10-8-34-146-60-37-55(3)81(56(4)38-60)150(143,144)106-66(87(132)133)44-100-83(127)64-46-108(6)70-40-58(12-14-62(70)79(64)125)42-102-89-97-22-23-98-89/h11-14,20-23,35-40,45-46,65-68,105-106,135-140H,7-10,15-19,24-34,41-44,47-52H2,1-6H3,(H,91,114)(H,92,115)(H,93,128)(H,94,129)(H,99,126)(H,100,127)(H,103,116)(H,104,134)(H,118,119)(H,120,121)(H,122,123)(H,130,131)(H,132,133)(H2,95,96,101)(H2,97,98,102)/t65-,66?,67?,68?/m0/s1. The van der Waals surface area contributed by atoms with Crippen molar-refractivity contribution in [1.82, 2.24) is 106 Å². The fourth-order valence-corrected chi connectivity index (χ4v) is 20.6. The van der Waals surface area contributed by atoms with Gasteiger partial charge in [0.1, 0.15) is 46.8 Å². The van der Waals surface area contributed by atoms with Gasteiger partial charge >= 0.3 is 35.9 Å². The summed E-state index contributed by atoms with van der Waals surface area (Å²) in [5.41, 5.74) is 0.907. The van der Waals surface area contributed by atoms with E-state index in [1.807, 2.05) is 0 Å². The third-order valence-corrected chi connectivity index (χ3v) is 28.2. The number of carboxylic acid groups (broad SMARTS) is 5. The number of ether oxygens (including phenoxy) is 2. The number of amides is 10. The molecule has 1 aliphatic heterocycles. The third-order valence-electron chi connectivity index (χ3n) is 23.1. The van der Waals surface area contributed by atoms with E-state index in [2.05, 4.69) is 82.5 Å². The second-order valence-corrected chi connectivity index (χ2v) is 41.5. The van der Waals surface area contributed by atoms with E-state index in [-0.39, 0.29) is 170 Å². The normalized spacial score (nSPS) is 14.3. The van der Waals surface area contributed by atoms with Crippen LogP contribution in [0.5, 0.6) is 11.5 Å². The van der Waals surface area contributed by atoms with Crippen LogP contribution in [-0.4, -0.2) is 380 Å². The Morgan fingerprint density at radius 2 is 0.800 bits per heavy atom. The topological polar surface area (TPSA) is 810 Å². The highest BCUT2D eigenvalue weighted by atomic mass is 32.3. The number of pyridine rings is 2. The van der Waals surface area contributed by atoms with Gasteiger partial charge in [-0.15, -0.1) is 0 Å². The number of nitrogens with one attached hydrogen (secondary N) is 14. The van der Waals surface area contributed by atoms with Gasteiger partial charge in [-0.2, -0.15) is 9.44 Å². The zero-order chi connectivity index (χ0) is 110. The Labute approximate surface area is 860 Å². The molecule has 0 spiro atoms. The highest BCUT2D eigenvalue weighted by Crippen LogP contribution is 2.35. The zero-order valence-corrected chi connectivity index (χ0v) is 85.6. The number of aryl methyl sites for hydroxylation is 6. The van der Waals surface area contributed by atoms with Crippen LogP contribution in [0.3, 0.4) is 0 Å². The van der Waals surface area contributed by atoms with Gasteiger partial charge in [-0.1, -0.05) is 12.1 Å². The minimum atomic E-state index is -4.76. The van der Waals surface area contributed by atoms with Crippen molar-refractivity contribution in [3.63, 3.8) is 0 Å². The fourth-order valence-electron chi connectivity index (χ4n) is 15.9. The molecule has 4 atom stereocenters. The number of H-pyrrole nitrogens is 2. The van der Waals surface area contributed by atoms with Crippen LogP contribution >= 0.6 is 21.7 Å². The number of carbonyl (C=O) groups is 14. The van der Waals surface area contributed by atoms with Crippen molar-refractivity contribution in [2.24, 2.45) is 14.1 Å². The van der Waals surface area contributed by atoms with E-state index in [9.17, 15) is 146 Å². The van der Waals surface area contributed by atoms with Crippen LogP contribution in [0, 0.1) is 27.7 Å². The van der Waals surface area contributed by atoms with Crippen molar-refractivity contribution in [2.45, 2.75) is 107 Å². The van der Waals surface area contributed by atoms with Crippen LogP contribution in [0.25, 0.3) is 21.8 Å². The van der Waals surface area contributed by atoms with Crippen molar-refractivity contribution < 1.29 is 146 Å². The third kappa shape index (κ3) is 37.4. The molecular weight excluding hydrogens is 2060 g/mol. The Hall–Kier alpha value is -14.4. The summed E-state index contributed by atoms with van der Waals surface area (Å²) >= 11 is 0. The molecule has 8 aromatic rings. The smallest absolute Gasteiger partial charge is 0.324 e. The average Bonchev–Trinajstić information content (AvgIpc) is 1.54. The lowest BCUT2D eigenvalue weighted by Crippen LogP contribution is -2.57. The van der Waals surface area contributed by atoms with Crippen LogP contribution < -0.4 is 82.9 Å². The summed E-state index contributed by atoms with van der Waals surface area (Å²) in [5, 5.41) is 74.8. The van der Waals surface area contributed by atoms with Crippen molar-refractivity contribution >= 4 is 159 Å². The molecule has 3 unspecified atom stereocenters. The number of imide groups is 1. The molecular formula is C90H123N23O33S4. The van der Waals surface area contributed by atoms with Gasteiger partial charge in [-0.3, -0.25) is 96.4 Å². The monoisotopic (exact) mass is 2180 g/mol. The number of imidazole rings is 2. The number of carbonyl (C=O) groups excluding carboxylic acids is 9. The van der Waals surface area contributed by atoms with Crippen molar-refractivity contribution in [3.05, 3.63) is 163 Å². The van der Waals surface area contributed by atoms with Gasteiger partial charge in [0, 0.05) is 193 Å². The number of anilines is 2. The number of hydrogen-bond donors (Lipinski definition) is 25. The van der Waals surface area contributed by atoms with Gasteiger partial charge in [0.15, 0.2) is 11.9 Å². The second-order valence-electron chi connectivity index (χ2n) is 35.0. The van der Waals surface area contributed by atoms with E-state index in [0.717, 1.165) is 11.1 Å². The Morgan fingerprint density at radius 3 is 1.14 bits per heavy atom. The number of urea groups is 1. The number of aromatic nitrogens is 6. The quantitative estimate of drug-likeness (QED) is 0.0199. The van der Waals surface area contributed by atoms with Gasteiger partial charge in [0.05, 0.1) is 93.5 Å². The van der Waals surface area contributed by atoms with Gasteiger partial charge in [0.25, 0.3) is 11.8 Å². The van der Waals surface area contributed by atoms with Gasteiger partial charge in [-0.05, 0) is 122 Å². The summed E-state index contributed by atoms with van der Waals surface area (Å²) < 4.78 is 136. The molecule has 1 aliphatic rings. The molecule has 4 aromatic carbocycles. The van der Waals surface area contributed by atoms with E-state index >= 15 is 0 Å². The van der Waals surface area contributed by atoms with E-state index in [4.69, 9.17) is 9.47 Å². The number of carboxylic acids is 5. The first-order valence-corrected chi connectivity index (χ1v) is 52.8. The summed E-state index contributed by atoms with van der Waals surface area (Å²) in [7, 11) is -15.5. The lowest BCUT2D eigenvalue weighted by atomic mass is 10.1. The van der Waals surface area contributed by atoms with Gasteiger partial charge in [-0.25, -0.2) is 31.6 Å². The minimum absolute atomic E-state index is 0.0260.